The first-order valence-electron chi connectivity index (χ1n) is 9.53. The molecule has 0 radical (unpaired) electrons. The van der Waals surface area contributed by atoms with Crippen LogP contribution in [0.5, 0.6) is 5.75 Å². The number of halogens is 1. The molecule has 0 amide bonds. The molecule has 0 aromatic heterocycles. The number of cyclic esters (lactones) is 1. The van der Waals surface area contributed by atoms with Crippen molar-refractivity contribution in [3.8, 4) is 5.75 Å². The highest BCUT2D eigenvalue weighted by molar-refractivity contribution is 6.30. The summed E-state index contributed by atoms with van der Waals surface area (Å²) in [5, 5.41) is 11.5. The lowest BCUT2D eigenvalue weighted by atomic mass is 9.78. The molecular formula is C24H26ClNO3. The fourth-order valence-electron chi connectivity index (χ4n) is 3.17. The van der Waals surface area contributed by atoms with Crippen molar-refractivity contribution in [3.05, 3.63) is 69.4 Å². The van der Waals surface area contributed by atoms with Crippen molar-refractivity contribution in [2.75, 3.05) is 0 Å². The molecule has 0 spiro atoms. The fraction of sp³-hybridized carbons (Fsp3) is 0.333. The molecule has 152 valence electrons. The molecule has 3 rings (SSSR count). The van der Waals surface area contributed by atoms with Crippen molar-refractivity contribution in [2.45, 2.75) is 52.4 Å². The maximum absolute atomic E-state index is 12.4. The minimum Gasteiger partial charge on any atom is -0.507 e. The molecule has 0 saturated heterocycles. The van der Waals surface area contributed by atoms with E-state index in [2.05, 4.69) is 4.99 Å². The number of hydrogen-bond donors (Lipinski definition) is 1. The van der Waals surface area contributed by atoms with Gasteiger partial charge in [-0.15, -0.1) is 0 Å². The topological polar surface area (TPSA) is 58.9 Å². The quantitative estimate of drug-likeness (QED) is 0.488. The predicted octanol–water partition coefficient (Wildman–Crippen LogP) is 5.99. The second-order valence-electron chi connectivity index (χ2n) is 9.31. The maximum Gasteiger partial charge on any atom is 0.363 e. The number of rotatable bonds is 2. The van der Waals surface area contributed by atoms with Crippen LogP contribution in [0.25, 0.3) is 6.08 Å². The van der Waals surface area contributed by atoms with Crippen molar-refractivity contribution in [3.63, 3.8) is 0 Å². The van der Waals surface area contributed by atoms with Gasteiger partial charge in [0.1, 0.15) is 5.75 Å². The predicted molar refractivity (Wildman–Crippen MR) is 118 cm³/mol. The van der Waals surface area contributed by atoms with Gasteiger partial charge in [-0.2, -0.15) is 0 Å². The van der Waals surface area contributed by atoms with Gasteiger partial charge in [-0.1, -0.05) is 53.1 Å². The molecule has 29 heavy (non-hydrogen) atoms. The van der Waals surface area contributed by atoms with Crippen LogP contribution in [-0.4, -0.2) is 17.0 Å². The van der Waals surface area contributed by atoms with Crippen LogP contribution in [0, 0.1) is 0 Å². The number of phenols is 1. The average molecular weight is 412 g/mol. The van der Waals surface area contributed by atoms with E-state index in [0.717, 1.165) is 16.7 Å². The monoisotopic (exact) mass is 411 g/mol. The summed E-state index contributed by atoms with van der Waals surface area (Å²) in [6.45, 7) is 12.3. The van der Waals surface area contributed by atoms with E-state index >= 15 is 0 Å². The number of hydrogen-bond acceptors (Lipinski definition) is 4. The number of esters is 1. The van der Waals surface area contributed by atoms with Gasteiger partial charge in [0, 0.05) is 21.7 Å². The van der Waals surface area contributed by atoms with Gasteiger partial charge in [0.05, 0.1) is 0 Å². The van der Waals surface area contributed by atoms with Gasteiger partial charge in [0.2, 0.25) is 5.90 Å². The molecular weight excluding hydrogens is 386 g/mol. The third-order valence-electron chi connectivity index (χ3n) is 4.76. The highest BCUT2D eigenvalue weighted by Gasteiger charge is 2.28. The Morgan fingerprint density at radius 1 is 0.966 bits per heavy atom. The fourth-order valence-corrected chi connectivity index (χ4v) is 3.29. The van der Waals surface area contributed by atoms with Crippen LogP contribution >= 0.6 is 11.6 Å². The zero-order chi connectivity index (χ0) is 21.6. The van der Waals surface area contributed by atoms with Crippen molar-refractivity contribution in [2.24, 2.45) is 4.99 Å². The Bertz CT molecular complexity index is 985. The number of ether oxygens (including phenoxy) is 1. The van der Waals surface area contributed by atoms with Gasteiger partial charge < -0.3 is 9.84 Å². The molecule has 2 aromatic carbocycles. The summed E-state index contributed by atoms with van der Waals surface area (Å²) in [5.41, 5.74) is 2.84. The van der Waals surface area contributed by atoms with Crippen molar-refractivity contribution in [1.82, 2.24) is 0 Å². The van der Waals surface area contributed by atoms with E-state index in [-0.39, 0.29) is 22.4 Å². The summed E-state index contributed by atoms with van der Waals surface area (Å²) in [4.78, 5) is 16.8. The van der Waals surface area contributed by atoms with E-state index in [1.165, 1.54) is 0 Å². The summed E-state index contributed by atoms with van der Waals surface area (Å²) in [7, 11) is 0. The molecule has 5 heteroatoms. The SMILES string of the molecule is CC(C)(C)c1cc(/C=C2/N=C(c3ccc(Cl)cc3)OC2=O)cc(C(C)(C)C)c1O. The second kappa shape index (κ2) is 7.34. The van der Waals surface area contributed by atoms with Crippen LogP contribution in [-0.2, 0) is 20.4 Å². The summed E-state index contributed by atoms with van der Waals surface area (Å²) < 4.78 is 5.34. The number of aromatic hydroxyl groups is 1. The lowest BCUT2D eigenvalue weighted by Gasteiger charge is -2.27. The summed E-state index contributed by atoms with van der Waals surface area (Å²) >= 11 is 5.92. The molecule has 1 heterocycles. The molecule has 0 unspecified atom stereocenters. The van der Waals surface area contributed by atoms with Gasteiger partial charge >= 0.3 is 5.97 Å². The Kier molecular flexibility index (Phi) is 5.35. The van der Waals surface area contributed by atoms with Gasteiger partial charge in [-0.05, 0) is 58.9 Å². The molecule has 2 aromatic rings. The van der Waals surface area contributed by atoms with Gasteiger partial charge in [-0.25, -0.2) is 9.79 Å². The zero-order valence-corrected chi connectivity index (χ0v) is 18.4. The number of phenolic OH excluding ortho intramolecular Hbond substituents is 1. The lowest BCUT2D eigenvalue weighted by molar-refractivity contribution is -0.129. The number of nitrogens with zero attached hydrogens (tertiary/aromatic N) is 1. The Labute approximate surface area is 176 Å². The first kappa shape index (κ1) is 21.1. The molecule has 1 aliphatic heterocycles. The molecule has 0 fully saturated rings. The lowest BCUT2D eigenvalue weighted by Crippen LogP contribution is -2.17. The van der Waals surface area contributed by atoms with Crippen LogP contribution in [0.15, 0.2) is 47.1 Å². The number of carbonyl (C=O) groups excluding carboxylic acids is 1. The standard InChI is InChI=1S/C24H26ClNO3/c1-23(2,3)17-11-14(12-18(20(17)27)24(4,5)6)13-19-22(28)29-21(26-19)15-7-9-16(25)10-8-15/h7-13,27H,1-6H3/b19-13+. The van der Waals surface area contributed by atoms with Crippen LogP contribution in [0.3, 0.4) is 0 Å². The number of carbonyl (C=O) groups is 1. The van der Waals surface area contributed by atoms with Gasteiger partial charge in [0.25, 0.3) is 0 Å². The van der Waals surface area contributed by atoms with Gasteiger partial charge in [-0.3, -0.25) is 0 Å². The third kappa shape index (κ3) is 4.54. The van der Waals surface area contributed by atoms with Crippen molar-refractivity contribution in [1.29, 1.82) is 0 Å². The highest BCUT2D eigenvalue weighted by atomic mass is 35.5. The van der Waals surface area contributed by atoms with E-state index < -0.39 is 5.97 Å². The molecule has 0 aliphatic carbocycles. The van der Waals surface area contributed by atoms with Crippen molar-refractivity contribution < 1.29 is 14.6 Å². The molecule has 1 aliphatic rings. The minimum absolute atomic E-state index is 0.223. The molecule has 1 N–H and O–H groups in total. The largest absolute Gasteiger partial charge is 0.507 e. The van der Waals surface area contributed by atoms with E-state index in [1.807, 2.05) is 53.7 Å². The summed E-state index contributed by atoms with van der Waals surface area (Å²) in [6, 6.07) is 10.8. The van der Waals surface area contributed by atoms with E-state index in [4.69, 9.17) is 16.3 Å². The Morgan fingerprint density at radius 2 is 1.48 bits per heavy atom. The molecule has 0 bridgehead atoms. The number of aliphatic imine (C=N–C) groups is 1. The van der Waals surface area contributed by atoms with Crippen LogP contribution in [0.1, 0.15) is 63.8 Å². The molecule has 0 saturated carbocycles. The normalized spacial score (nSPS) is 16.2. The van der Waals surface area contributed by atoms with Crippen LogP contribution in [0.4, 0.5) is 0 Å². The average Bonchev–Trinajstić information content (AvgIpc) is 2.95. The zero-order valence-electron chi connectivity index (χ0n) is 17.6. The summed E-state index contributed by atoms with van der Waals surface area (Å²) in [5.74, 6) is 0.0490. The van der Waals surface area contributed by atoms with Crippen LogP contribution < -0.4 is 0 Å². The Balaban J connectivity index is 2.09. The highest BCUT2D eigenvalue weighted by Crippen LogP contribution is 2.40. The third-order valence-corrected chi connectivity index (χ3v) is 5.02. The van der Waals surface area contributed by atoms with E-state index in [0.29, 0.717) is 16.3 Å². The van der Waals surface area contributed by atoms with E-state index in [1.54, 1.807) is 30.3 Å². The summed E-state index contributed by atoms with van der Waals surface area (Å²) in [6.07, 6.45) is 1.70. The van der Waals surface area contributed by atoms with Gasteiger partial charge in [0.15, 0.2) is 5.70 Å². The minimum atomic E-state index is -0.502. The maximum atomic E-state index is 12.4. The van der Waals surface area contributed by atoms with Crippen molar-refractivity contribution >= 4 is 29.5 Å². The Morgan fingerprint density at radius 3 is 1.97 bits per heavy atom. The smallest absolute Gasteiger partial charge is 0.363 e. The second-order valence-corrected chi connectivity index (χ2v) is 9.74. The number of benzene rings is 2. The first-order chi connectivity index (χ1) is 13.4. The first-order valence-corrected chi connectivity index (χ1v) is 9.90. The Hall–Kier alpha value is -2.59. The molecule has 0 atom stereocenters. The molecule has 4 nitrogen and oxygen atoms in total. The van der Waals surface area contributed by atoms with Crippen LogP contribution in [0.2, 0.25) is 5.02 Å². The van der Waals surface area contributed by atoms with E-state index in [9.17, 15) is 9.90 Å².